The summed E-state index contributed by atoms with van der Waals surface area (Å²) in [5.41, 5.74) is -1.10. The molecule has 0 aliphatic carbocycles. The molecule has 0 fully saturated rings. The number of nitrogens with zero attached hydrogens (tertiary/aromatic N) is 2. The highest BCUT2D eigenvalue weighted by molar-refractivity contribution is 9.10. The summed E-state index contributed by atoms with van der Waals surface area (Å²) in [4.78, 5) is 30.2. The SMILES string of the molecule is CC(C)(CC(=O)Nc1cnc(Br)cn1)C(=O)O. The van der Waals surface area contributed by atoms with Crippen molar-refractivity contribution in [1.82, 2.24) is 9.97 Å². The molecule has 1 heterocycles. The van der Waals surface area contributed by atoms with Crippen molar-refractivity contribution >= 4 is 33.6 Å². The molecule has 0 saturated carbocycles. The van der Waals surface area contributed by atoms with Crippen molar-refractivity contribution in [2.45, 2.75) is 20.3 Å². The van der Waals surface area contributed by atoms with E-state index >= 15 is 0 Å². The molecule has 0 bridgehead atoms. The Hall–Kier alpha value is -1.50. The Balaban J connectivity index is 2.62. The zero-order chi connectivity index (χ0) is 13.1. The molecule has 0 aliphatic heterocycles. The van der Waals surface area contributed by atoms with Crippen molar-refractivity contribution in [2.24, 2.45) is 5.41 Å². The van der Waals surface area contributed by atoms with Gasteiger partial charge in [0, 0.05) is 6.42 Å². The molecule has 17 heavy (non-hydrogen) atoms. The number of aliphatic carboxylic acids is 1. The smallest absolute Gasteiger partial charge is 0.309 e. The van der Waals surface area contributed by atoms with Crippen molar-refractivity contribution in [2.75, 3.05) is 5.32 Å². The van der Waals surface area contributed by atoms with Gasteiger partial charge in [0.25, 0.3) is 0 Å². The molecule has 2 N–H and O–H groups in total. The van der Waals surface area contributed by atoms with Crippen LogP contribution < -0.4 is 5.32 Å². The van der Waals surface area contributed by atoms with Crippen LogP contribution >= 0.6 is 15.9 Å². The fraction of sp³-hybridized carbons (Fsp3) is 0.400. The van der Waals surface area contributed by atoms with Gasteiger partial charge in [0.1, 0.15) is 4.60 Å². The number of carbonyl (C=O) groups is 2. The van der Waals surface area contributed by atoms with Crippen LogP contribution in [0.2, 0.25) is 0 Å². The second kappa shape index (κ2) is 5.22. The number of halogens is 1. The topological polar surface area (TPSA) is 92.2 Å². The maximum absolute atomic E-state index is 11.6. The van der Waals surface area contributed by atoms with Crippen LogP contribution in [0.1, 0.15) is 20.3 Å². The van der Waals surface area contributed by atoms with Gasteiger partial charge in [-0.15, -0.1) is 0 Å². The Kier molecular flexibility index (Phi) is 4.17. The number of carboxylic acid groups (broad SMARTS) is 1. The van der Waals surface area contributed by atoms with E-state index in [1.54, 1.807) is 0 Å². The lowest BCUT2D eigenvalue weighted by Gasteiger charge is -2.17. The number of carboxylic acids is 1. The highest BCUT2D eigenvalue weighted by atomic mass is 79.9. The van der Waals surface area contributed by atoms with E-state index in [2.05, 4.69) is 31.2 Å². The fourth-order valence-corrected chi connectivity index (χ4v) is 1.25. The molecule has 0 atom stereocenters. The fourth-order valence-electron chi connectivity index (χ4n) is 1.04. The molecule has 1 aromatic rings. The first kappa shape index (κ1) is 13.6. The molecule has 0 saturated heterocycles. The first-order chi connectivity index (χ1) is 7.81. The van der Waals surface area contributed by atoms with Crippen molar-refractivity contribution in [3.8, 4) is 0 Å². The maximum Gasteiger partial charge on any atom is 0.309 e. The first-order valence-corrected chi connectivity index (χ1v) is 5.61. The summed E-state index contributed by atoms with van der Waals surface area (Å²) in [6.45, 7) is 2.98. The molecular formula is C10H12BrN3O3. The zero-order valence-electron chi connectivity index (χ0n) is 9.40. The number of rotatable bonds is 4. The summed E-state index contributed by atoms with van der Waals surface area (Å²) in [6.07, 6.45) is 2.70. The molecule has 6 nitrogen and oxygen atoms in total. The van der Waals surface area contributed by atoms with Crippen LogP contribution in [0.5, 0.6) is 0 Å². The molecule has 1 aromatic heterocycles. The highest BCUT2D eigenvalue weighted by Crippen LogP contribution is 2.21. The third-order valence-corrected chi connectivity index (χ3v) is 2.48. The average Bonchev–Trinajstić information content (AvgIpc) is 2.20. The Morgan fingerprint density at radius 3 is 2.53 bits per heavy atom. The molecule has 7 heteroatoms. The Labute approximate surface area is 107 Å². The number of anilines is 1. The second-order valence-electron chi connectivity index (χ2n) is 4.14. The van der Waals surface area contributed by atoms with Crippen LogP contribution in [0.25, 0.3) is 0 Å². The van der Waals surface area contributed by atoms with Crippen molar-refractivity contribution in [1.29, 1.82) is 0 Å². The van der Waals surface area contributed by atoms with Gasteiger partial charge in [0.05, 0.1) is 17.8 Å². The predicted molar refractivity (Wildman–Crippen MR) is 64.4 cm³/mol. The number of nitrogens with one attached hydrogen (secondary N) is 1. The zero-order valence-corrected chi connectivity index (χ0v) is 11.0. The maximum atomic E-state index is 11.6. The van der Waals surface area contributed by atoms with Gasteiger partial charge < -0.3 is 10.4 Å². The predicted octanol–water partition coefficient (Wildman–Crippen LogP) is 1.68. The molecule has 0 spiro atoms. The van der Waals surface area contributed by atoms with Crippen molar-refractivity contribution < 1.29 is 14.7 Å². The van der Waals surface area contributed by atoms with Crippen LogP contribution in [0.15, 0.2) is 17.0 Å². The van der Waals surface area contributed by atoms with Gasteiger partial charge in [0.2, 0.25) is 5.91 Å². The summed E-state index contributed by atoms with van der Waals surface area (Å²) in [5, 5.41) is 11.4. The van der Waals surface area contributed by atoms with Crippen LogP contribution in [0.4, 0.5) is 5.82 Å². The van der Waals surface area contributed by atoms with E-state index in [1.165, 1.54) is 26.2 Å². The van der Waals surface area contributed by atoms with Gasteiger partial charge in [-0.25, -0.2) is 9.97 Å². The summed E-state index contributed by atoms with van der Waals surface area (Å²) in [7, 11) is 0. The van der Waals surface area contributed by atoms with Crippen LogP contribution in [-0.2, 0) is 9.59 Å². The number of amides is 1. The number of carbonyl (C=O) groups excluding carboxylic acids is 1. The quantitative estimate of drug-likeness (QED) is 0.882. The molecule has 0 aromatic carbocycles. The largest absolute Gasteiger partial charge is 0.481 e. The molecular weight excluding hydrogens is 290 g/mol. The molecule has 0 aliphatic rings. The third kappa shape index (κ3) is 4.10. The van der Waals surface area contributed by atoms with E-state index in [-0.39, 0.29) is 6.42 Å². The number of aromatic nitrogens is 2. The third-order valence-electron chi connectivity index (χ3n) is 2.07. The van der Waals surface area contributed by atoms with E-state index in [0.717, 1.165) is 0 Å². The molecule has 1 rings (SSSR count). The second-order valence-corrected chi connectivity index (χ2v) is 4.95. The number of hydrogen-bond donors (Lipinski definition) is 2. The summed E-state index contributed by atoms with van der Waals surface area (Å²) >= 11 is 3.12. The van der Waals surface area contributed by atoms with Gasteiger partial charge in [-0.3, -0.25) is 9.59 Å². The minimum atomic E-state index is -1.10. The van der Waals surface area contributed by atoms with E-state index in [0.29, 0.717) is 10.4 Å². The van der Waals surface area contributed by atoms with Gasteiger partial charge in [-0.2, -0.15) is 0 Å². The first-order valence-electron chi connectivity index (χ1n) is 4.82. The summed E-state index contributed by atoms with van der Waals surface area (Å²) in [5.74, 6) is -1.14. The lowest BCUT2D eigenvalue weighted by molar-refractivity contribution is -0.148. The van der Waals surface area contributed by atoms with Crippen LogP contribution in [-0.4, -0.2) is 27.0 Å². The summed E-state index contributed by atoms with van der Waals surface area (Å²) in [6, 6.07) is 0. The Morgan fingerprint density at radius 1 is 1.41 bits per heavy atom. The molecule has 0 radical (unpaired) electrons. The van der Waals surface area contributed by atoms with Crippen molar-refractivity contribution in [3.63, 3.8) is 0 Å². The van der Waals surface area contributed by atoms with Gasteiger partial charge in [-0.05, 0) is 29.8 Å². The van der Waals surface area contributed by atoms with E-state index in [1.807, 2.05) is 0 Å². The minimum Gasteiger partial charge on any atom is -0.481 e. The van der Waals surface area contributed by atoms with E-state index < -0.39 is 17.3 Å². The van der Waals surface area contributed by atoms with Crippen LogP contribution in [0.3, 0.4) is 0 Å². The monoisotopic (exact) mass is 301 g/mol. The number of hydrogen-bond acceptors (Lipinski definition) is 4. The summed E-state index contributed by atoms with van der Waals surface area (Å²) < 4.78 is 0.557. The van der Waals surface area contributed by atoms with E-state index in [4.69, 9.17) is 5.11 Å². The lowest BCUT2D eigenvalue weighted by atomic mass is 9.89. The van der Waals surface area contributed by atoms with Gasteiger partial charge in [-0.1, -0.05) is 0 Å². The lowest BCUT2D eigenvalue weighted by Crippen LogP contribution is -2.29. The Morgan fingerprint density at radius 2 is 2.06 bits per heavy atom. The minimum absolute atomic E-state index is 0.125. The molecule has 92 valence electrons. The van der Waals surface area contributed by atoms with E-state index in [9.17, 15) is 9.59 Å². The van der Waals surface area contributed by atoms with Crippen LogP contribution in [0, 0.1) is 5.41 Å². The van der Waals surface area contributed by atoms with Crippen molar-refractivity contribution in [3.05, 3.63) is 17.0 Å². The molecule has 0 unspecified atom stereocenters. The average molecular weight is 302 g/mol. The standard InChI is InChI=1S/C10H12BrN3O3/c1-10(2,9(16)17)3-8(15)14-7-5-12-6(11)4-13-7/h4-5H,3H2,1-2H3,(H,16,17)(H,13,14,15). The van der Waals surface area contributed by atoms with Gasteiger partial charge in [0.15, 0.2) is 5.82 Å². The highest BCUT2D eigenvalue weighted by Gasteiger charge is 2.30. The van der Waals surface area contributed by atoms with Gasteiger partial charge >= 0.3 is 5.97 Å². The Bertz CT molecular complexity index is 431. The molecule has 1 amide bonds. The normalized spacial score (nSPS) is 11.0.